The largest absolute Gasteiger partial charge is 0.497 e. The number of nitrogens with zero attached hydrogens (tertiary/aromatic N) is 3. The first kappa shape index (κ1) is 21.0. The van der Waals surface area contributed by atoms with Gasteiger partial charge in [0.2, 0.25) is 5.91 Å². The zero-order chi connectivity index (χ0) is 20.7. The molecule has 0 fully saturated rings. The minimum atomic E-state index is -0.796. The number of aromatic nitrogens is 2. The summed E-state index contributed by atoms with van der Waals surface area (Å²) in [5.41, 5.74) is 0.774. The predicted octanol–water partition coefficient (Wildman–Crippen LogP) is 2.69. The minimum Gasteiger partial charge on any atom is -0.497 e. The molecule has 0 aliphatic rings. The Labute approximate surface area is 164 Å². The number of carbonyl (C=O) groups is 1. The number of rotatable bonds is 9. The van der Waals surface area contributed by atoms with E-state index in [1.807, 2.05) is 12.1 Å². The topological polar surface area (TPSA) is 73.7 Å². The van der Waals surface area contributed by atoms with Crippen molar-refractivity contribution in [2.45, 2.75) is 13.0 Å². The van der Waals surface area contributed by atoms with Crippen molar-refractivity contribution in [1.82, 2.24) is 14.7 Å². The Morgan fingerprint density at radius 3 is 2.29 bits per heavy atom. The lowest BCUT2D eigenvalue weighted by Gasteiger charge is -2.24. The number of ether oxygens (including phenoxy) is 2. The Bertz CT molecular complexity index is 893. The van der Waals surface area contributed by atoms with Crippen LogP contribution >= 0.6 is 0 Å². The Hall–Kier alpha value is -3.35. The van der Waals surface area contributed by atoms with Gasteiger partial charge in [-0.05, 0) is 31.2 Å². The first-order chi connectivity index (χ1) is 13.5. The van der Waals surface area contributed by atoms with Crippen molar-refractivity contribution < 1.29 is 14.3 Å². The third-order valence-electron chi connectivity index (χ3n) is 4.24. The van der Waals surface area contributed by atoms with E-state index in [1.165, 1.54) is 17.9 Å². The molecule has 2 aromatic rings. The first-order valence-electron chi connectivity index (χ1n) is 8.79. The molecule has 0 radical (unpaired) electrons. The molecule has 0 N–H and O–H groups in total. The van der Waals surface area contributed by atoms with Crippen molar-refractivity contribution >= 4 is 5.91 Å². The monoisotopic (exact) mass is 383 g/mol. The van der Waals surface area contributed by atoms with Gasteiger partial charge in [-0.25, -0.2) is 4.68 Å². The number of amides is 1. The van der Waals surface area contributed by atoms with Crippen molar-refractivity contribution in [2.75, 3.05) is 27.3 Å². The fourth-order valence-corrected chi connectivity index (χ4v) is 2.77. The molecule has 7 heteroatoms. The highest BCUT2D eigenvalue weighted by Gasteiger charge is 2.24. The van der Waals surface area contributed by atoms with Gasteiger partial charge in [0.05, 0.1) is 14.2 Å². The third-order valence-corrected chi connectivity index (χ3v) is 4.24. The van der Waals surface area contributed by atoms with Crippen LogP contribution in [0.1, 0.15) is 13.0 Å². The van der Waals surface area contributed by atoms with E-state index in [2.05, 4.69) is 18.3 Å². The number of methoxy groups -OCH3 is 2. The van der Waals surface area contributed by atoms with Crippen LogP contribution in [0.3, 0.4) is 0 Å². The second-order valence-electron chi connectivity index (χ2n) is 6.07. The lowest BCUT2D eigenvalue weighted by atomic mass is 10.1. The van der Waals surface area contributed by atoms with E-state index in [1.54, 1.807) is 43.2 Å². The molecule has 0 aliphatic carbocycles. The molecule has 1 atom stereocenters. The third kappa shape index (κ3) is 4.49. The van der Waals surface area contributed by atoms with Crippen LogP contribution in [-0.4, -0.2) is 47.9 Å². The molecule has 0 saturated heterocycles. The summed E-state index contributed by atoms with van der Waals surface area (Å²) in [7, 11) is 3.05. The number of hydrogen-bond donors (Lipinski definition) is 0. The van der Waals surface area contributed by atoms with Crippen LogP contribution in [0, 0.1) is 0 Å². The summed E-state index contributed by atoms with van der Waals surface area (Å²) in [4.78, 5) is 27.0. The molecule has 0 bridgehead atoms. The van der Waals surface area contributed by atoms with Gasteiger partial charge in [-0.2, -0.15) is 5.10 Å². The van der Waals surface area contributed by atoms with E-state index >= 15 is 0 Å². The number of benzene rings is 1. The van der Waals surface area contributed by atoms with E-state index in [0.717, 1.165) is 5.56 Å². The molecular formula is C21H25N3O4. The zero-order valence-corrected chi connectivity index (χ0v) is 16.4. The highest BCUT2D eigenvalue weighted by atomic mass is 16.5. The van der Waals surface area contributed by atoms with Gasteiger partial charge >= 0.3 is 0 Å². The standard InChI is InChI=1S/C21H25N3O4/c1-6-12-23(13-7-2)21(26)15(3)24-19(25)14-18(28-5)20(22-24)16-8-10-17(27-4)11-9-16/h6-11,14-15H,1-2,12-13H2,3-5H3/t15-/m1/s1. The lowest BCUT2D eigenvalue weighted by molar-refractivity contribution is -0.133. The molecular weight excluding hydrogens is 358 g/mol. The van der Waals surface area contributed by atoms with Gasteiger partial charge in [-0.3, -0.25) is 9.59 Å². The number of hydrogen-bond acceptors (Lipinski definition) is 5. The van der Waals surface area contributed by atoms with Crippen molar-refractivity contribution in [1.29, 1.82) is 0 Å². The molecule has 148 valence electrons. The van der Waals surface area contributed by atoms with Gasteiger partial charge in [-0.1, -0.05) is 12.2 Å². The van der Waals surface area contributed by atoms with E-state index < -0.39 is 11.6 Å². The van der Waals surface area contributed by atoms with Gasteiger partial charge in [0.25, 0.3) is 5.56 Å². The molecule has 1 aromatic heterocycles. The summed E-state index contributed by atoms with van der Waals surface area (Å²) in [6, 6.07) is 7.74. The maximum absolute atomic E-state index is 12.8. The molecule has 28 heavy (non-hydrogen) atoms. The van der Waals surface area contributed by atoms with Crippen LogP contribution in [0.25, 0.3) is 11.3 Å². The summed E-state index contributed by atoms with van der Waals surface area (Å²) in [6.45, 7) is 9.68. The first-order valence-corrected chi connectivity index (χ1v) is 8.79. The average molecular weight is 383 g/mol. The summed E-state index contributed by atoms with van der Waals surface area (Å²) in [6.07, 6.45) is 3.25. The summed E-state index contributed by atoms with van der Waals surface area (Å²) < 4.78 is 11.7. The van der Waals surface area contributed by atoms with Crippen LogP contribution in [0.15, 0.2) is 60.4 Å². The van der Waals surface area contributed by atoms with Crippen molar-refractivity contribution in [3.8, 4) is 22.8 Å². The second kappa shape index (κ2) is 9.55. The van der Waals surface area contributed by atoms with Gasteiger partial charge < -0.3 is 14.4 Å². The van der Waals surface area contributed by atoms with E-state index in [4.69, 9.17) is 9.47 Å². The molecule has 0 aliphatic heterocycles. The van der Waals surface area contributed by atoms with Gasteiger partial charge in [0, 0.05) is 24.7 Å². The number of carbonyl (C=O) groups excluding carboxylic acids is 1. The molecule has 7 nitrogen and oxygen atoms in total. The van der Waals surface area contributed by atoms with Crippen LogP contribution in [0.2, 0.25) is 0 Å². The quantitative estimate of drug-likeness (QED) is 0.623. The van der Waals surface area contributed by atoms with Gasteiger partial charge in [0.15, 0.2) is 5.75 Å². The lowest BCUT2D eigenvalue weighted by Crippen LogP contribution is -2.40. The predicted molar refractivity (Wildman–Crippen MR) is 109 cm³/mol. The van der Waals surface area contributed by atoms with E-state index in [0.29, 0.717) is 30.3 Å². The summed E-state index contributed by atoms with van der Waals surface area (Å²) >= 11 is 0. The SMILES string of the molecule is C=CCN(CC=C)C(=O)[C@@H](C)n1nc(-c2ccc(OC)cc2)c(OC)cc1=O. The average Bonchev–Trinajstić information content (AvgIpc) is 2.72. The zero-order valence-electron chi connectivity index (χ0n) is 16.4. The fourth-order valence-electron chi connectivity index (χ4n) is 2.77. The Morgan fingerprint density at radius 2 is 1.79 bits per heavy atom. The van der Waals surface area contributed by atoms with Crippen LogP contribution < -0.4 is 15.0 Å². The molecule has 1 heterocycles. The van der Waals surface area contributed by atoms with Crippen LogP contribution in [0.5, 0.6) is 11.5 Å². The van der Waals surface area contributed by atoms with Gasteiger partial charge in [0.1, 0.15) is 17.5 Å². The van der Waals surface area contributed by atoms with Crippen molar-refractivity contribution in [3.05, 3.63) is 66.0 Å². The Balaban J connectivity index is 2.49. The highest BCUT2D eigenvalue weighted by molar-refractivity contribution is 5.80. The Morgan fingerprint density at radius 1 is 1.18 bits per heavy atom. The molecule has 1 aromatic carbocycles. The fraction of sp³-hybridized carbons (Fsp3) is 0.286. The molecule has 2 rings (SSSR count). The smallest absolute Gasteiger partial charge is 0.271 e. The van der Waals surface area contributed by atoms with Gasteiger partial charge in [-0.15, -0.1) is 13.2 Å². The molecule has 0 unspecified atom stereocenters. The maximum atomic E-state index is 12.8. The molecule has 1 amide bonds. The Kier molecular flexibility index (Phi) is 7.14. The van der Waals surface area contributed by atoms with Crippen molar-refractivity contribution in [2.24, 2.45) is 0 Å². The summed E-state index contributed by atoms with van der Waals surface area (Å²) in [5.74, 6) is 0.782. The van der Waals surface area contributed by atoms with Crippen LogP contribution in [-0.2, 0) is 4.79 Å². The second-order valence-corrected chi connectivity index (χ2v) is 6.07. The highest BCUT2D eigenvalue weighted by Crippen LogP contribution is 2.28. The van der Waals surface area contributed by atoms with E-state index in [9.17, 15) is 9.59 Å². The summed E-state index contributed by atoms with van der Waals surface area (Å²) in [5, 5.41) is 4.43. The van der Waals surface area contributed by atoms with E-state index in [-0.39, 0.29) is 5.91 Å². The normalized spacial score (nSPS) is 11.4. The minimum absolute atomic E-state index is 0.250. The molecule has 0 spiro atoms. The van der Waals surface area contributed by atoms with Crippen LogP contribution in [0.4, 0.5) is 0 Å². The molecule has 0 saturated carbocycles. The van der Waals surface area contributed by atoms with Crippen molar-refractivity contribution in [3.63, 3.8) is 0 Å². The maximum Gasteiger partial charge on any atom is 0.271 e.